The topological polar surface area (TPSA) is 75.6 Å². The maximum atomic E-state index is 11.8. The van der Waals surface area contributed by atoms with Crippen molar-refractivity contribution in [3.63, 3.8) is 0 Å². The van der Waals surface area contributed by atoms with E-state index < -0.39 is 5.54 Å². The Morgan fingerprint density at radius 3 is 2.55 bits per heavy atom. The number of hydrogen-bond donors (Lipinski definition) is 2. The van der Waals surface area contributed by atoms with Crippen LogP contribution in [0.2, 0.25) is 0 Å². The zero-order chi connectivity index (χ0) is 14.3. The number of anilines is 2. The van der Waals surface area contributed by atoms with Crippen molar-refractivity contribution in [1.29, 1.82) is 0 Å². The first kappa shape index (κ1) is 13.2. The smallest absolute Gasteiger partial charge is 0.239 e. The summed E-state index contributed by atoms with van der Waals surface area (Å²) in [6, 6.07) is 8.23. The molecule has 1 aromatic rings. The minimum Gasteiger partial charge on any atom is -0.371 e. The fourth-order valence-corrected chi connectivity index (χ4v) is 3.05. The lowest BCUT2D eigenvalue weighted by Crippen LogP contribution is -2.62. The standard InChI is InChI=1S/C15H22N4O/c1-18-8-9-19(13-5-3-2-4-12(13)18)10-15(17,14(16)20)11-6-7-11/h2-5,11H,6-10,17H2,1H3,(H2,16,20). The second-order valence-electron chi connectivity index (χ2n) is 6.01. The first-order chi connectivity index (χ1) is 9.52. The van der Waals surface area contributed by atoms with Gasteiger partial charge in [0.1, 0.15) is 5.54 Å². The molecule has 4 N–H and O–H groups in total. The molecule has 1 unspecified atom stereocenters. The van der Waals surface area contributed by atoms with Crippen LogP contribution in [0.3, 0.4) is 0 Å². The lowest BCUT2D eigenvalue weighted by molar-refractivity contribution is -0.123. The number of carbonyl (C=O) groups is 1. The summed E-state index contributed by atoms with van der Waals surface area (Å²) in [7, 11) is 2.08. The molecule has 3 rings (SSSR count). The lowest BCUT2D eigenvalue weighted by Gasteiger charge is -2.41. The number of rotatable bonds is 4. The lowest BCUT2D eigenvalue weighted by atomic mass is 9.92. The van der Waals surface area contributed by atoms with Gasteiger partial charge in [0, 0.05) is 26.7 Å². The third-order valence-electron chi connectivity index (χ3n) is 4.56. The van der Waals surface area contributed by atoms with Crippen LogP contribution in [0.4, 0.5) is 11.4 Å². The molecule has 1 aromatic carbocycles. The molecule has 2 aliphatic rings. The van der Waals surface area contributed by atoms with Gasteiger partial charge >= 0.3 is 0 Å². The van der Waals surface area contributed by atoms with Gasteiger partial charge in [-0.05, 0) is 30.9 Å². The summed E-state index contributed by atoms with van der Waals surface area (Å²) in [6.07, 6.45) is 2.02. The van der Waals surface area contributed by atoms with E-state index in [1.54, 1.807) is 0 Å². The zero-order valence-electron chi connectivity index (χ0n) is 11.9. The van der Waals surface area contributed by atoms with Gasteiger partial charge in [-0.15, -0.1) is 0 Å². The molecular weight excluding hydrogens is 252 g/mol. The summed E-state index contributed by atoms with van der Waals surface area (Å²) in [5.41, 5.74) is 13.3. The van der Waals surface area contributed by atoms with Crippen molar-refractivity contribution in [2.24, 2.45) is 17.4 Å². The number of amides is 1. The molecule has 1 aliphatic heterocycles. The summed E-state index contributed by atoms with van der Waals surface area (Å²) in [5.74, 6) is -0.136. The van der Waals surface area contributed by atoms with E-state index in [2.05, 4.69) is 29.0 Å². The first-order valence-corrected chi connectivity index (χ1v) is 7.16. The molecule has 0 radical (unpaired) electrons. The van der Waals surface area contributed by atoms with E-state index in [1.165, 1.54) is 5.69 Å². The first-order valence-electron chi connectivity index (χ1n) is 7.16. The van der Waals surface area contributed by atoms with Crippen LogP contribution < -0.4 is 21.3 Å². The van der Waals surface area contributed by atoms with E-state index in [9.17, 15) is 4.79 Å². The van der Waals surface area contributed by atoms with Gasteiger partial charge in [-0.2, -0.15) is 0 Å². The summed E-state index contributed by atoms with van der Waals surface area (Å²) in [4.78, 5) is 16.2. The maximum Gasteiger partial charge on any atom is 0.239 e. The van der Waals surface area contributed by atoms with Gasteiger partial charge in [0.15, 0.2) is 0 Å². The van der Waals surface area contributed by atoms with Crippen LogP contribution in [0.5, 0.6) is 0 Å². The summed E-state index contributed by atoms with van der Waals surface area (Å²) < 4.78 is 0. The summed E-state index contributed by atoms with van der Waals surface area (Å²) in [5, 5.41) is 0. The van der Waals surface area contributed by atoms with Crippen molar-refractivity contribution < 1.29 is 4.79 Å². The van der Waals surface area contributed by atoms with Crippen LogP contribution in [0.25, 0.3) is 0 Å². The third kappa shape index (κ3) is 2.12. The number of benzene rings is 1. The number of nitrogens with zero attached hydrogens (tertiary/aromatic N) is 2. The van der Waals surface area contributed by atoms with Crippen LogP contribution in [-0.2, 0) is 4.79 Å². The summed E-state index contributed by atoms with van der Waals surface area (Å²) >= 11 is 0. The Kier molecular flexibility index (Phi) is 3.09. The minimum absolute atomic E-state index is 0.242. The molecule has 0 bridgehead atoms. The Morgan fingerprint density at radius 1 is 1.30 bits per heavy atom. The SMILES string of the molecule is CN1CCN(CC(N)(C(N)=O)C2CC2)c2ccccc21. The van der Waals surface area contributed by atoms with Crippen molar-refractivity contribution in [3.05, 3.63) is 24.3 Å². The van der Waals surface area contributed by atoms with E-state index in [4.69, 9.17) is 11.5 Å². The number of hydrogen-bond acceptors (Lipinski definition) is 4. The molecule has 5 nitrogen and oxygen atoms in total. The van der Waals surface area contributed by atoms with Crippen molar-refractivity contribution in [2.75, 3.05) is 36.5 Å². The Hall–Kier alpha value is -1.75. The van der Waals surface area contributed by atoms with Gasteiger partial charge in [-0.25, -0.2) is 0 Å². The van der Waals surface area contributed by atoms with Crippen LogP contribution in [-0.4, -0.2) is 38.1 Å². The molecule has 0 aromatic heterocycles. The largest absolute Gasteiger partial charge is 0.371 e. The molecule has 1 saturated carbocycles. The fraction of sp³-hybridized carbons (Fsp3) is 0.533. The quantitative estimate of drug-likeness (QED) is 0.840. The van der Waals surface area contributed by atoms with Gasteiger partial charge in [-0.3, -0.25) is 4.79 Å². The Bertz CT molecular complexity index is 528. The third-order valence-corrected chi connectivity index (χ3v) is 4.56. The number of fused-ring (bicyclic) bond motifs is 1. The number of para-hydroxylation sites is 2. The number of likely N-dealkylation sites (N-methyl/N-ethyl adjacent to an activating group) is 1. The Balaban J connectivity index is 1.88. The normalized spacial score (nSPS) is 21.3. The minimum atomic E-state index is -0.900. The van der Waals surface area contributed by atoms with Crippen molar-refractivity contribution >= 4 is 17.3 Å². The molecule has 1 atom stereocenters. The number of carbonyl (C=O) groups excluding carboxylic acids is 1. The van der Waals surface area contributed by atoms with Gasteiger partial charge in [0.05, 0.1) is 11.4 Å². The second-order valence-corrected chi connectivity index (χ2v) is 6.01. The highest BCUT2D eigenvalue weighted by Crippen LogP contribution is 2.40. The molecule has 0 spiro atoms. The molecule has 20 heavy (non-hydrogen) atoms. The highest BCUT2D eigenvalue weighted by Gasteiger charge is 2.48. The van der Waals surface area contributed by atoms with E-state index in [0.717, 1.165) is 31.6 Å². The van der Waals surface area contributed by atoms with Crippen molar-refractivity contribution in [3.8, 4) is 0 Å². The zero-order valence-corrected chi connectivity index (χ0v) is 11.9. The van der Waals surface area contributed by atoms with E-state index in [1.807, 2.05) is 12.1 Å². The van der Waals surface area contributed by atoms with Crippen LogP contribution >= 0.6 is 0 Å². The fourth-order valence-electron chi connectivity index (χ4n) is 3.05. The molecule has 1 heterocycles. The Morgan fingerprint density at radius 2 is 1.95 bits per heavy atom. The van der Waals surface area contributed by atoms with Crippen LogP contribution in [0.1, 0.15) is 12.8 Å². The van der Waals surface area contributed by atoms with Gasteiger partial charge in [0.2, 0.25) is 5.91 Å². The van der Waals surface area contributed by atoms with E-state index in [0.29, 0.717) is 6.54 Å². The van der Waals surface area contributed by atoms with Crippen LogP contribution in [0, 0.1) is 5.92 Å². The van der Waals surface area contributed by atoms with Crippen molar-refractivity contribution in [1.82, 2.24) is 0 Å². The molecule has 0 saturated heterocycles. The summed E-state index contributed by atoms with van der Waals surface area (Å²) in [6.45, 7) is 2.31. The van der Waals surface area contributed by atoms with Crippen LogP contribution in [0.15, 0.2) is 24.3 Å². The highest BCUT2D eigenvalue weighted by molar-refractivity contribution is 5.86. The second kappa shape index (κ2) is 4.66. The highest BCUT2D eigenvalue weighted by atomic mass is 16.1. The van der Waals surface area contributed by atoms with Gasteiger partial charge in [0.25, 0.3) is 0 Å². The van der Waals surface area contributed by atoms with Gasteiger partial charge < -0.3 is 21.3 Å². The molecule has 1 fully saturated rings. The average molecular weight is 274 g/mol. The monoisotopic (exact) mass is 274 g/mol. The van der Waals surface area contributed by atoms with Crippen molar-refractivity contribution in [2.45, 2.75) is 18.4 Å². The molecular formula is C15H22N4O. The predicted octanol–water partition coefficient (Wildman–Crippen LogP) is 0.536. The number of nitrogens with two attached hydrogens (primary N) is 2. The molecule has 108 valence electrons. The van der Waals surface area contributed by atoms with E-state index in [-0.39, 0.29) is 11.8 Å². The predicted molar refractivity (Wildman–Crippen MR) is 80.8 cm³/mol. The maximum absolute atomic E-state index is 11.8. The van der Waals surface area contributed by atoms with Gasteiger partial charge in [-0.1, -0.05) is 12.1 Å². The number of primary amides is 1. The molecule has 1 aliphatic carbocycles. The average Bonchev–Trinajstić information content (AvgIpc) is 3.27. The molecule has 5 heteroatoms. The molecule has 1 amide bonds. The van der Waals surface area contributed by atoms with E-state index >= 15 is 0 Å². The Labute approximate surface area is 119 Å².